The molecule has 0 saturated carbocycles. The van der Waals surface area contributed by atoms with Gasteiger partial charge in [-0.1, -0.05) is 84.9 Å². The highest BCUT2D eigenvalue weighted by Gasteiger charge is 2.23. The Morgan fingerprint density at radius 1 is 0.529 bits per heavy atom. The largest absolute Gasteiger partial charge is 0.467 e. The maximum Gasteiger partial charge on any atom is 0.339 e. The number of fused-ring (bicyclic) bond motifs is 2. The topological polar surface area (TPSA) is 71.1 Å². The van der Waals surface area contributed by atoms with Gasteiger partial charge in [0.15, 0.2) is 12.2 Å². The van der Waals surface area contributed by atoms with Gasteiger partial charge in [-0.2, -0.15) is 0 Å². The maximum absolute atomic E-state index is 11.6. The Labute approximate surface area is 199 Å². The van der Waals surface area contributed by atoms with Crippen molar-refractivity contribution in [3.63, 3.8) is 0 Å². The van der Waals surface area contributed by atoms with Crippen LogP contribution in [0.15, 0.2) is 84.9 Å². The Morgan fingerprint density at radius 3 is 1.24 bits per heavy atom. The minimum atomic E-state index is -0.675. The summed E-state index contributed by atoms with van der Waals surface area (Å²) in [6.45, 7) is 0. The van der Waals surface area contributed by atoms with Crippen molar-refractivity contribution >= 4 is 33.5 Å². The summed E-state index contributed by atoms with van der Waals surface area (Å²) in [7, 11) is 5.73. The van der Waals surface area contributed by atoms with Crippen molar-refractivity contribution in [2.24, 2.45) is 0 Å². The molecule has 4 rings (SSSR count). The molecule has 0 radical (unpaired) electrons. The number of ether oxygens (including phenoxy) is 4. The van der Waals surface area contributed by atoms with Crippen molar-refractivity contribution in [2.75, 3.05) is 28.4 Å². The molecule has 0 aromatic heterocycles. The molecule has 0 saturated heterocycles. The van der Waals surface area contributed by atoms with Crippen molar-refractivity contribution in [1.82, 2.24) is 0 Å². The molecule has 0 aliphatic rings. The second-order valence-electron chi connectivity index (χ2n) is 7.41. The molecule has 6 nitrogen and oxygen atoms in total. The molecule has 0 spiro atoms. The smallest absolute Gasteiger partial charge is 0.339 e. The minimum absolute atomic E-state index is 0.385. The van der Waals surface area contributed by atoms with Gasteiger partial charge in [0.25, 0.3) is 0 Å². The molecule has 0 aliphatic heterocycles. The predicted octanol–water partition coefficient (Wildman–Crippen LogP) is 5.40. The molecular weight excluding hydrogens is 432 g/mol. The standard InChI is InChI=1S/2C14H14O3/c2*1-16-13(14(15)17-2)12-9-5-7-10-6-3-4-8-11(10)12/h2*3-9,13H,1-2H3. The predicted molar refractivity (Wildman–Crippen MR) is 131 cm³/mol. The molecule has 0 bridgehead atoms. The van der Waals surface area contributed by atoms with Crippen LogP contribution >= 0.6 is 0 Å². The molecular formula is C28H28O6. The van der Waals surface area contributed by atoms with Gasteiger partial charge < -0.3 is 18.9 Å². The highest BCUT2D eigenvalue weighted by molar-refractivity contribution is 5.91. The third kappa shape index (κ3) is 5.42. The zero-order valence-electron chi connectivity index (χ0n) is 19.7. The third-order valence-corrected chi connectivity index (χ3v) is 5.51. The molecule has 0 aliphatic carbocycles. The molecule has 6 heteroatoms. The van der Waals surface area contributed by atoms with E-state index in [4.69, 9.17) is 18.9 Å². The van der Waals surface area contributed by atoms with Gasteiger partial charge in [0, 0.05) is 14.2 Å². The average molecular weight is 461 g/mol. The molecule has 4 aromatic rings. The number of esters is 2. The fourth-order valence-corrected chi connectivity index (χ4v) is 3.87. The monoisotopic (exact) mass is 460 g/mol. The Kier molecular flexibility index (Phi) is 8.73. The van der Waals surface area contributed by atoms with Gasteiger partial charge in [-0.25, -0.2) is 9.59 Å². The SMILES string of the molecule is COC(=O)C(OC)c1cccc2ccccc12.COC(=O)C(OC)c1cccc2ccccc12. The zero-order valence-corrected chi connectivity index (χ0v) is 19.7. The lowest BCUT2D eigenvalue weighted by Crippen LogP contribution is -2.16. The molecule has 0 N–H and O–H groups in total. The quantitative estimate of drug-likeness (QED) is 0.359. The van der Waals surface area contributed by atoms with Crippen LogP contribution in [0.3, 0.4) is 0 Å². The van der Waals surface area contributed by atoms with Crippen LogP contribution < -0.4 is 0 Å². The average Bonchev–Trinajstić information content (AvgIpc) is 2.90. The molecule has 176 valence electrons. The van der Waals surface area contributed by atoms with Crippen molar-refractivity contribution < 1.29 is 28.5 Å². The zero-order chi connectivity index (χ0) is 24.5. The van der Waals surface area contributed by atoms with E-state index in [9.17, 15) is 9.59 Å². The molecule has 0 fully saturated rings. The van der Waals surface area contributed by atoms with Gasteiger partial charge >= 0.3 is 11.9 Å². The van der Waals surface area contributed by atoms with Gasteiger partial charge in [0.05, 0.1) is 14.2 Å². The summed E-state index contributed by atoms with van der Waals surface area (Å²) in [6.07, 6.45) is -1.35. The maximum atomic E-state index is 11.6. The van der Waals surface area contributed by atoms with E-state index < -0.39 is 12.2 Å². The van der Waals surface area contributed by atoms with E-state index in [-0.39, 0.29) is 11.9 Å². The lowest BCUT2D eigenvalue weighted by atomic mass is 10.0. The molecule has 0 heterocycles. The fraction of sp³-hybridized carbons (Fsp3) is 0.214. The number of rotatable bonds is 6. The normalized spacial score (nSPS) is 12.4. The van der Waals surface area contributed by atoms with E-state index in [1.54, 1.807) is 0 Å². The van der Waals surface area contributed by atoms with Crippen molar-refractivity contribution in [3.8, 4) is 0 Å². The Morgan fingerprint density at radius 2 is 0.882 bits per heavy atom. The summed E-state index contributed by atoms with van der Waals surface area (Å²) in [5.74, 6) is -0.771. The number of methoxy groups -OCH3 is 4. The Bertz CT molecular complexity index is 1160. The summed E-state index contributed by atoms with van der Waals surface area (Å²) in [4.78, 5) is 23.3. The van der Waals surface area contributed by atoms with Gasteiger partial charge in [-0.15, -0.1) is 0 Å². The van der Waals surface area contributed by atoms with E-state index in [1.165, 1.54) is 28.4 Å². The molecule has 0 amide bonds. The molecule has 2 atom stereocenters. The lowest BCUT2D eigenvalue weighted by Gasteiger charge is -2.15. The van der Waals surface area contributed by atoms with Gasteiger partial charge in [-0.3, -0.25) is 0 Å². The Hall–Kier alpha value is -3.74. The van der Waals surface area contributed by atoms with Gasteiger partial charge in [0.1, 0.15) is 0 Å². The van der Waals surface area contributed by atoms with E-state index in [1.807, 2.05) is 84.9 Å². The molecule has 2 unspecified atom stereocenters. The summed E-state index contributed by atoms with van der Waals surface area (Å²) < 4.78 is 19.9. The lowest BCUT2D eigenvalue weighted by molar-refractivity contribution is -0.153. The van der Waals surface area contributed by atoms with E-state index in [0.29, 0.717) is 0 Å². The summed E-state index contributed by atoms with van der Waals surface area (Å²) in [5, 5.41) is 4.17. The number of carbonyl (C=O) groups excluding carboxylic acids is 2. The van der Waals surface area contributed by atoms with Crippen LogP contribution in [-0.2, 0) is 28.5 Å². The van der Waals surface area contributed by atoms with Crippen LogP contribution in [0.4, 0.5) is 0 Å². The number of hydrogen-bond acceptors (Lipinski definition) is 6. The minimum Gasteiger partial charge on any atom is -0.467 e. The van der Waals surface area contributed by atoms with E-state index in [0.717, 1.165) is 32.7 Å². The van der Waals surface area contributed by atoms with Crippen LogP contribution in [0.25, 0.3) is 21.5 Å². The molecule has 34 heavy (non-hydrogen) atoms. The highest BCUT2D eigenvalue weighted by Crippen LogP contribution is 2.28. The first-order chi connectivity index (χ1) is 16.5. The second kappa shape index (κ2) is 11.9. The van der Waals surface area contributed by atoms with Crippen LogP contribution in [0.5, 0.6) is 0 Å². The van der Waals surface area contributed by atoms with E-state index in [2.05, 4.69) is 0 Å². The number of hydrogen-bond donors (Lipinski definition) is 0. The Balaban J connectivity index is 0.000000191. The second-order valence-corrected chi connectivity index (χ2v) is 7.41. The summed E-state index contributed by atoms with van der Waals surface area (Å²) in [6, 6.07) is 27.3. The van der Waals surface area contributed by atoms with Crippen molar-refractivity contribution in [3.05, 3.63) is 96.1 Å². The first-order valence-corrected chi connectivity index (χ1v) is 10.7. The van der Waals surface area contributed by atoms with Gasteiger partial charge in [-0.05, 0) is 32.7 Å². The fourth-order valence-electron chi connectivity index (χ4n) is 3.87. The van der Waals surface area contributed by atoms with E-state index >= 15 is 0 Å². The van der Waals surface area contributed by atoms with Crippen molar-refractivity contribution in [2.45, 2.75) is 12.2 Å². The number of benzene rings is 4. The van der Waals surface area contributed by atoms with Crippen LogP contribution in [0.1, 0.15) is 23.3 Å². The summed E-state index contributed by atoms with van der Waals surface area (Å²) in [5.41, 5.74) is 1.66. The molecule has 4 aromatic carbocycles. The van der Waals surface area contributed by atoms with Crippen molar-refractivity contribution in [1.29, 1.82) is 0 Å². The highest BCUT2D eigenvalue weighted by atomic mass is 16.6. The number of carbonyl (C=O) groups is 2. The first kappa shape index (κ1) is 24.9. The van der Waals surface area contributed by atoms with Gasteiger partial charge in [0.2, 0.25) is 0 Å². The van der Waals surface area contributed by atoms with Crippen LogP contribution in [0, 0.1) is 0 Å². The van der Waals surface area contributed by atoms with Crippen LogP contribution in [0.2, 0.25) is 0 Å². The summed E-state index contributed by atoms with van der Waals surface area (Å²) >= 11 is 0. The first-order valence-electron chi connectivity index (χ1n) is 10.7. The van der Waals surface area contributed by atoms with Crippen LogP contribution in [-0.4, -0.2) is 40.4 Å². The third-order valence-electron chi connectivity index (χ3n) is 5.51.